The molecule has 0 amide bonds. The molecule has 0 fully saturated rings. The lowest BCUT2D eigenvalue weighted by atomic mass is 9.58. The Hall–Kier alpha value is -5.57. The van der Waals surface area contributed by atoms with Gasteiger partial charge in [-0.25, -0.2) is 4.79 Å². The molecule has 0 saturated carbocycles. The lowest BCUT2D eigenvalue weighted by molar-refractivity contribution is -0.168. The van der Waals surface area contributed by atoms with E-state index in [1.807, 2.05) is 43.3 Å². The second-order valence-corrected chi connectivity index (χ2v) is 13.1. The fraction of sp³-hybridized carbons (Fsp3) is 0.244. The number of carbonyl (C=O) groups is 3. The molecule has 0 unspecified atom stereocenters. The van der Waals surface area contributed by atoms with Crippen LogP contribution in [0.1, 0.15) is 43.7 Å². The monoisotopic (exact) mass is 666 g/mol. The van der Waals surface area contributed by atoms with Crippen LogP contribution < -0.4 is 15.5 Å². The Balaban J connectivity index is 1.39. The van der Waals surface area contributed by atoms with Gasteiger partial charge in [-0.2, -0.15) is 0 Å². The summed E-state index contributed by atoms with van der Waals surface area (Å²) in [5.74, 6) is -1.61. The summed E-state index contributed by atoms with van der Waals surface area (Å²) in [7, 11) is 2.61. The van der Waals surface area contributed by atoms with Gasteiger partial charge in [-0.15, -0.1) is 0 Å². The Labute approximate surface area is 292 Å². The van der Waals surface area contributed by atoms with Gasteiger partial charge in [-0.1, -0.05) is 72.8 Å². The van der Waals surface area contributed by atoms with Gasteiger partial charge in [-0.3, -0.25) is 9.59 Å². The summed E-state index contributed by atoms with van der Waals surface area (Å²) < 4.78 is 16.3. The highest BCUT2D eigenvalue weighted by Gasteiger charge is 2.54. The van der Waals surface area contributed by atoms with E-state index in [9.17, 15) is 14.4 Å². The predicted molar refractivity (Wildman–Crippen MR) is 196 cm³/mol. The molecule has 0 spiro atoms. The van der Waals surface area contributed by atoms with E-state index in [4.69, 9.17) is 14.2 Å². The number of hydrogen-bond donors (Lipinski definition) is 1. The molecular formula is C41H39BN2O6. The molecule has 5 aromatic carbocycles. The summed E-state index contributed by atoms with van der Waals surface area (Å²) in [5, 5.41) is 6.18. The molecule has 2 aliphatic rings. The number of nitrogens with one attached hydrogen (secondary N) is 1. The molecular weight excluding hydrogens is 627 g/mol. The van der Waals surface area contributed by atoms with Crippen LogP contribution in [0.4, 0.5) is 11.4 Å². The first-order valence-electron chi connectivity index (χ1n) is 16.9. The van der Waals surface area contributed by atoms with Gasteiger partial charge in [-0.05, 0) is 82.3 Å². The van der Waals surface area contributed by atoms with E-state index < -0.39 is 17.4 Å². The molecule has 0 radical (unpaired) electrons. The molecule has 0 atom stereocenters. The standard InChI is InChI=1S/C41H39BN2O6/c1-26-31(21-22-50-38(45)30-15-9-6-10-16-30)37(27(2)33-24-41(23-32(26)33,39(46)48-3)40(47)49-4)42-43-34-19-11-17-29-18-12-20-35(36(29)34)44(42)25-28-13-7-5-8-14-28/h5-20,43H,21-25H2,1-4H3. The number of carbonyl (C=O) groups excluding carboxylic acids is 3. The highest BCUT2D eigenvalue weighted by Crippen LogP contribution is 2.44. The van der Waals surface area contributed by atoms with Crippen LogP contribution in [0.3, 0.4) is 0 Å². The average molecular weight is 667 g/mol. The van der Waals surface area contributed by atoms with Crippen molar-refractivity contribution < 1.29 is 28.6 Å². The number of benzene rings is 5. The van der Waals surface area contributed by atoms with E-state index in [1.54, 1.807) is 12.1 Å². The zero-order valence-electron chi connectivity index (χ0n) is 28.7. The van der Waals surface area contributed by atoms with Crippen molar-refractivity contribution in [2.75, 3.05) is 30.9 Å². The molecule has 1 N–H and O–H groups in total. The minimum Gasteiger partial charge on any atom is -0.468 e. The number of anilines is 2. The van der Waals surface area contributed by atoms with Crippen LogP contribution in [-0.2, 0) is 49.6 Å². The summed E-state index contributed by atoms with van der Waals surface area (Å²) in [6.07, 6.45) is 0.766. The molecule has 8 nitrogen and oxygen atoms in total. The van der Waals surface area contributed by atoms with Crippen molar-refractivity contribution in [3.63, 3.8) is 0 Å². The van der Waals surface area contributed by atoms with Crippen LogP contribution >= 0.6 is 0 Å². The zero-order valence-corrected chi connectivity index (χ0v) is 28.7. The van der Waals surface area contributed by atoms with E-state index in [1.165, 1.54) is 14.2 Å². The first kappa shape index (κ1) is 33.0. The minimum absolute atomic E-state index is 0.149. The molecule has 252 valence electrons. The molecule has 50 heavy (non-hydrogen) atoms. The summed E-state index contributed by atoms with van der Waals surface area (Å²) in [6.45, 7) is 4.56. The fourth-order valence-corrected chi connectivity index (χ4v) is 7.96. The largest absolute Gasteiger partial charge is 0.468 e. The minimum atomic E-state index is -1.49. The van der Waals surface area contributed by atoms with Gasteiger partial charge < -0.3 is 24.2 Å². The van der Waals surface area contributed by atoms with E-state index in [0.29, 0.717) is 18.5 Å². The van der Waals surface area contributed by atoms with E-state index >= 15 is 0 Å². The van der Waals surface area contributed by atoms with Crippen LogP contribution in [0, 0.1) is 19.3 Å². The third-order valence-corrected chi connectivity index (χ3v) is 10.4. The number of fused-ring (bicyclic) bond motifs is 1. The molecule has 1 aliphatic carbocycles. The van der Waals surface area contributed by atoms with Gasteiger partial charge in [0.1, 0.15) is 0 Å². The van der Waals surface area contributed by atoms with Crippen molar-refractivity contribution >= 4 is 52.5 Å². The highest BCUT2D eigenvalue weighted by molar-refractivity contribution is 6.81. The Kier molecular flexibility index (Phi) is 8.82. The molecule has 5 aromatic rings. The Morgan fingerprint density at radius 2 is 1.40 bits per heavy atom. The normalized spacial score (nSPS) is 14.2. The lowest BCUT2D eigenvalue weighted by Gasteiger charge is -2.40. The maximum absolute atomic E-state index is 13.4. The molecule has 0 aromatic heterocycles. The van der Waals surface area contributed by atoms with E-state index in [2.05, 4.69) is 65.5 Å². The quantitative estimate of drug-likeness (QED) is 0.0872. The molecule has 9 heteroatoms. The topological polar surface area (TPSA) is 94.2 Å². The van der Waals surface area contributed by atoms with Gasteiger partial charge in [0.15, 0.2) is 5.41 Å². The maximum Gasteiger partial charge on any atom is 0.409 e. The van der Waals surface area contributed by atoms with Crippen LogP contribution in [0.25, 0.3) is 10.8 Å². The molecule has 7 rings (SSSR count). The lowest BCUT2D eigenvalue weighted by Crippen LogP contribution is -2.58. The van der Waals surface area contributed by atoms with E-state index in [-0.39, 0.29) is 32.4 Å². The van der Waals surface area contributed by atoms with Crippen molar-refractivity contribution in [2.45, 2.75) is 39.7 Å². The predicted octanol–water partition coefficient (Wildman–Crippen LogP) is 6.11. The zero-order chi connectivity index (χ0) is 35.0. The summed E-state index contributed by atoms with van der Waals surface area (Å²) >= 11 is 0. The Morgan fingerprint density at radius 1 is 0.780 bits per heavy atom. The number of nitrogens with zero attached hydrogens (tertiary/aromatic N) is 1. The number of esters is 3. The third kappa shape index (κ3) is 5.56. The van der Waals surface area contributed by atoms with Crippen LogP contribution in [-0.4, -0.2) is 45.7 Å². The van der Waals surface area contributed by atoms with Crippen LogP contribution in [0.2, 0.25) is 0 Å². The highest BCUT2D eigenvalue weighted by atomic mass is 16.5. The van der Waals surface area contributed by atoms with Crippen LogP contribution in [0.5, 0.6) is 0 Å². The molecule has 0 bridgehead atoms. The van der Waals surface area contributed by atoms with Crippen molar-refractivity contribution in [3.8, 4) is 0 Å². The van der Waals surface area contributed by atoms with Gasteiger partial charge >= 0.3 is 24.9 Å². The SMILES string of the molecule is COC(=O)C1(C(=O)OC)Cc2c(C)c(CCOC(=O)c3ccccc3)c(B3Nc4cccc5cccc(c45)N3Cc3ccccc3)c(C)c2C1. The van der Waals surface area contributed by atoms with Gasteiger partial charge in [0.25, 0.3) is 0 Å². The number of ether oxygens (including phenoxy) is 3. The molecule has 1 heterocycles. The van der Waals surface area contributed by atoms with Crippen molar-refractivity contribution in [3.05, 3.63) is 136 Å². The summed E-state index contributed by atoms with van der Waals surface area (Å²) in [4.78, 5) is 42.2. The number of hydrogen-bond acceptors (Lipinski definition) is 8. The average Bonchev–Trinajstić information content (AvgIpc) is 3.58. The first-order valence-corrected chi connectivity index (χ1v) is 16.9. The van der Waals surface area contributed by atoms with Crippen molar-refractivity contribution in [2.24, 2.45) is 5.41 Å². The third-order valence-electron chi connectivity index (χ3n) is 10.4. The maximum atomic E-state index is 13.4. The fourth-order valence-electron chi connectivity index (χ4n) is 7.96. The smallest absolute Gasteiger partial charge is 0.409 e. The second-order valence-electron chi connectivity index (χ2n) is 13.1. The van der Waals surface area contributed by atoms with Gasteiger partial charge in [0.05, 0.1) is 26.4 Å². The molecule has 0 saturated heterocycles. The van der Waals surface area contributed by atoms with Gasteiger partial charge in [0.2, 0.25) is 0 Å². The Morgan fingerprint density at radius 3 is 2.06 bits per heavy atom. The molecule has 1 aliphatic heterocycles. The first-order chi connectivity index (χ1) is 24.3. The summed E-state index contributed by atoms with van der Waals surface area (Å²) in [6, 6.07) is 32.0. The summed E-state index contributed by atoms with van der Waals surface area (Å²) in [5.41, 5.74) is 8.13. The van der Waals surface area contributed by atoms with E-state index in [0.717, 1.165) is 61.0 Å². The van der Waals surface area contributed by atoms with Crippen molar-refractivity contribution in [1.82, 2.24) is 0 Å². The van der Waals surface area contributed by atoms with Gasteiger partial charge in [0, 0.05) is 42.6 Å². The van der Waals surface area contributed by atoms with Crippen LogP contribution in [0.15, 0.2) is 97.1 Å². The number of rotatable bonds is 9. The Bertz CT molecular complexity index is 2100. The second kappa shape index (κ2) is 13.4. The number of methoxy groups -OCH3 is 2. The van der Waals surface area contributed by atoms with Crippen molar-refractivity contribution in [1.29, 1.82) is 0 Å².